The Hall–Kier alpha value is -0.430. The van der Waals surface area contributed by atoms with E-state index in [9.17, 15) is 13.5 Å². The number of rotatable bonds is 5. The maximum atomic E-state index is 11.6. The van der Waals surface area contributed by atoms with E-state index in [0.717, 1.165) is 6.54 Å². The Labute approximate surface area is 144 Å². The van der Waals surface area contributed by atoms with Crippen LogP contribution in [0.2, 0.25) is 0 Å². The van der Waals surface area contributed by atoms with Crippen LogP contribution in [0.25, 0.3) is 0 Å². The molecule has 0 unspecified atom stereocenters. The molecular weight excluding hydrogens is 330 g/mol. The normalized spacial score (nSPS) is 20.8. The number of hydrogen-bond donors (Lipinski definition) is 1. The van der Waals surface area contributed by atoms with Gasteiger partial charge in [-0.1, -0.05) is 20.8 Å². The van der Waals surface area contributed by atoms with Gasteiger partial charge in [-0.05, 0) is 37.3 Å². The van der Waals surface area contributed by atoms with Gasteiger partial charge in [-0.25, -0.2) is 8.42 Å². The number of thiophene rings is 1. The zero-order valence-corrected chi connectivity index (χ0v) is 16.2. The molecule has 6 heteroatoms. The van der Waals surface area contributed by atoms with Crippen LogP contribution in [-0.2, 0) is 21.8 Å². The summed E-state index contributed by atoms with van der Waals surface area (Å²) < 4.78 is 23.3. The van der Waals surface area contributed by atoms with Gasteiger partial charge in [-0.3, -0.25) is 4.90 Å². The van der Waals surface area contributed by atoms with Gasteiger partial charge in [-0.2, -0.15) is 0 Å². The first-order chi connectivity index (χ1) is 10.6. The summed E-state index contributed by atoms with van der Waals surface area (Å²) in [7, 11) is -2.85. The van der Waals surface area contributed by atoms with E-state index in [-0.39, 0.29) is 23.0 Å². The lowest BCUT2D eigenvalue weighted by atomic mass is 9.95. The molecule has 1 atom stereocenters. The van der Waals surface area contributed by atoms with E-state index in [1.807, 2.05) is 11.3 Å². The van der Waals surface area contributed by atoms with Crippen LogP contribution in [0.4, 0.5) is 0 Å². The van der Waals surface area contributed by atoms with Gasteiger partial charge < -0.3 is 5.11 Å². The minimum atomic E-state index is -2.85. The summed E-state index contributed by atoms with van der Waals surface area (Å²) in [6, 6.07) is 4.60. The van der Waals surface area contributed by atoms with Gasteiger partial charge in [0.2, 0.25) is 0 Å². The third kappa shape index (κ3) is 5.55. The zero-order valence-electron chi connectivity index (χ0n) is 14.6. The smallest absolute Gasteiger partial charge is 0.150 e. The molecule has 0 amide bonds. The minimum Gasteiger partial charge on any atom is -0.392 e. The molecule has 1 aromatic heterocycles. The molecule has 0 saturated carbocycles. The van der Waals surface area contributed by atoms with Crippen molar-refractivity contribution >= 4 is 21.2 Å². The van der Waals surface area contributed by atoms with Gasteiger partial charge in [0.25, 0.3) is 0 Å². The Balaban J connectivity index is 2.08. The molecule has 0 bridgehead atoms. The summed E-state index contributed by atoms with van der Waals surface area (Å²) in [5.74, 6) is 0.539. The van der Waals surface area contributed by atoms with Crippen LogP contribution >= 0.6 is 11.3 Å². The van der Waals surface area contributed by atoms with E-state index in [2.05, 4.69) is 37.8 Å². The molecule has 0 aliphatic carbocycles. The number of hydrogen-bond acceptors (Lipinski definition) is 5. The van der Waals surface area contributed by atoms with Crippen LogP contribution in [0.5, 0.6) is 0 Å². The number of nitrogens with zero attached hydrogens (tertiary/aromatic N) is 1. The summed E-state index contributed by atoms with van der Waals surface area (Å²) in [4.78, 5) is 4.90. The summed E-state index contributed by atoms with van der Waals surface area (Å²) in [5, 5.41) is 9.81. The van der Waals surface area contributed by atoms with Crippen molar-refractivity contribution in [2.75, 3.05) is 18.1 Å². The lowest BCUT2D eigenvalue weighted by Crippen LogP contribution is -2.43. The van der Waals surface area contributed by atoms with Crippen molar-refractivity contribution in [3.8, 4) is 0 Å². The quantitative estimate of drug-likeness (QED) is 0.878. The van der Waals surface area contributed by atoms with Crippen LogP contribution in [0.15, 0.2) is 12.1 Å². The molecule has 0 aromatic carbocycles. The van der Waals surface area contributed by atoms with Crippen molar-refractivity contribution in [1.82, 2.24) is 4.90 Å². The van der Waals surface area contributed by atoms with Gasteiger partial charge in [0.05, 0.1) is 17.6 Å². The van der Waals surface area contributed by atoms with E-state index in [0.29, 0.717) is 19.4 Å². The van der Waals surface area contributed by atoms with Crippen LogP contribution in [0, 0.1) is 0 Å². The van der Waals surface area contributed by atoms with Crippen molar-refractivity contribution in [1.29, 1.82) is 0 Å². The largest absolute Gasteiger partial charge is 0.392 e. The van der Waals surface area contributed by atoms with Crippen molar-refractivity contribution in [3.05, 3.63) is 21.9 Å². The van der Waals surface area contributed by atoms with E-state index < -0.39 is 15.9 Å². The van der Waals surface area contributed by atoms with Gasteiger partial charge >= 0.3 is 0 Å². The Morgan fingerprint density at radius 3 is 2.39 bits per heavy atom. The molecule has 2 heterocycles. The molecule has 1 aliphatic heterocycles. The number of sulfone groups is 1. The Bertz CT molecular complexity index is 600. The van der Waals surface area contributed by atoms with E-state index >= 15 is 0 Å². The van der Waals surface area contributed by atoms with Gasteiger partial charge in [-0.15, -0.1) is 11.3 Å². The monoisotopic (exact) mass is 359 g/mol. The first-order valence-corrected chi connectivity index (χ1v) is 10.9. The van der Waals surface area contributed by atoms with Crippen molar-refractivity contribution in [2.45, 2.75) is 64.6 Å². The van der Waals surface area contributed by atoms with E-state index in [1.165, 1.54) is 9.75 Å². The van der Waals surface area contributed by atoms with Crippen molar-refractivity contribution < 1.29 is 13.5 Å². The molecule has 1 aliphatic rings. The predicted molar refractivity (Wildman–Crippen MR) is 96.8 cm³/mol. The highest BCUT2D eigenvalue weighted by Gasteiger charge is 2.29. The fourth-order valence-electron chi connectivity index (χ4n) is 2.99. The molecular formula is C17H29NO3S2. The van der Waals surface area contributed by atoms with Gasteiger partial charge in [0.15, 0.2) is 0 Å². The Morgan fingerprint density at radius 2 is 1.91 bits per heavy atom. The average molecular weight is 360 g/mol. The van der Waals surface area contributed by atoms with E-state index in [1.54, 1.807) is 6.92 Å². The second-order valence-electron chi connectivity index (χ2n) is 7.68. The topological polar surface area (TPSA) is 57.6 Å². The number of aliphatic hydroxyl groups excluding tert-OH is 1. The number of aliphatic hydroxyl groups is 1. The SMILES string of the molecule is C[C@@H](O)CN(Cc1ccc(C(C)(C)C)s1)C1CCS(=O)(=O)CC1. The zero-order chi connectivity index (χ0) is 17.3. The minimum absolute atomic E-state index is 0.150. The lowest BCUT2D eigenvalue weighted by Gasteiger charge is -2.34. The Kier molecular flexibility index (Phi) is 5.93. The average Bonchev–Trinajstić information content (AvgIpc) is 2.86. The highest BCUT2D eigenvalue weighted by atomic mass is 32.2. The summed E-state index contributed by atoms with van der Waals surface area (Å²) in [6.07, 6.45) is 0.939. The first-order valence-electron chi connectivity index (χ1n) is 8.28. The van der Waals surface area contributed by atoms with Crippen LogP contribution in [-0.4, -0.2) is 48.6 Å². The molecule has 1 fully saturated rings. The highest BCUT2D eigenvalue weighted by molar-refractivity contribution is 7.91. The maximum Gasteiger partial charge on any atom is 0.150 e. The fraction of sp³-hybridized carbons (Fsp3) is 0.765. The molecule has 1 aromatic rings. The second-order valence-corrected chi connectivity index (χ2v) is 11.1. The van der Waals surface area contributed by atoms with Gasteiger partial charge in [0, 0.05) is 28.9 Å². The summed E-state index contributed by atoms with van der Waals surface area (Å²) in [6.45, 7) is 9.80. The molecule has 4 nitrogen and oxygen atoms in total. The third-order valence-electron chi connectivity index (χ3n) is 4.30. The molecule has 0 spiro atoms. The van der Waals surface area contributed by atoms with E-state index in [4.69, 9.17) is 0 Å². The van der Waals surface area contributed by atoms with Crippen LogP contribution in [0.3, 0.4) is 0 Å². The predicted octanol–water partition coefficient (Wildman–Crippen LogP) is 2.81. The second kappa shape index (κ2) is 7.21. The van der Waals surface area contributed by atoms with Crippen LogP contribution < -0.4 is 0 Å². The summed E-state index contributed by atoms with van der Waals surface area (Å²) >= 11 is 1.82. The fourth-order valence-corrected chi connectivity index (χ4v) is 5.55. The molecule has 0 radical (unpaired) electrons. The third-order valence-corrected chi connectivity index (χ3v) is 7.51. The molecule has 2 rings (SSSR count). The standard InChI is InChI=1S/C17H29NO3S2/c1-13(19)11-18(14-7-9-23(20,21)10-8-14)12-15-5-6-16(22-15)17(2,3)4/h5-6,13-14,19H,7-12H2,1-4H3/t13-/m1/s1. The lowest BCUT2D eigenvalue weighted by molar-refractivity contribution is 0.0887. The Morgan fingerprint density at radius 1 is 1.30 bits per heavy atom. The van der Waals surface area contributed by atoms with Gasteiger partial charge in [0.1, 0.15) is 9.84 Å². The molecule has 132 valence electrons. The maximum absolute atomic E-state index is 11.6. The van der Waals surface area contributed by atoms with Crippen molar-refractivity contribution in [2.24, 2.45) is 0 Å². The summed E-state index contributed by atoms with van der Waals surface area (Å²) in [5.41, 5.74) is 0.150. The molecule has 1 saturated heterocycles. The highest BCUT2D eigenvalue weighted by Crippen LogP contribution is 2.31. The first kappa shape index (κ1) is 18.9. The molecule has 1 N–H and O–H groups in total. The molecule has 23 heavy (non-hydrogen) atoms. The van der Waals surface area contributed by atoms with Crippen LogP contribution in [0.1, 0.15) is 50.3 Å². The van der Waals surface area contributed by atoms with Crippen molar-refractivity contribution in [3.63, 3.8) is 0 Å².